The Morgan fingerprint density at radius 1 is 1.50 bits per heavy atom. The smallest absolute Gasteiger partial charge is 0.255 e. The van der Waals surface area contributed by atoms with Gasteiger partial charge in [-0.3, -0.25) is 4.79 Å². The lowest BCUT2D eigenvalue weighted by atomic mass is 9.99. The molecule has 1 amide bonds. The summed E-state index contributed by atoms with van der Waals surface area (Å²) in [6, 6.07) is 4.22. The molecule has 1 saturated heterocycles. The molecular weight excluding hydrogens is 365 g/mol. The molecule has 1 aliphatic rings. The van der Waals surface area contributed by atoms with Crippen molar-refractivity contribution in [2.75, 3.05) is 18.4 Å². The number of likely N-dealkylation sites (tertiary alicyclic amines) is 1. The number of carbonyl (C=O) groups excluding carboxylic acids is 1. The van der Waals surface area contributed by atoms with Crippen molar-refractivity contribution in [3.63, 3.8) is 0 Å². The summed E-state index contributed by atoms with van der Waals surface area (Å²) in [4.78, 5) is 14.2. The Morgan fingerprint density at radius 2 is 2.28 bits per heavy atom. The lowest BCUT2D eigenvalue weighted by Crippen LogP contribution is -2.40. The first-order chi connectivity index (χ1) is 8.61. The maximum Gasteiger partial charge on any atom is 0.255 e. The molecule has 1 heterocycles. The number of nitrogens with zero attached hydrogens (tertiary/aromatic N) is 1. The van der Waals surface area contributed by atoms with E-state index in [1.54, 1.807) is 6.07 Å². The number of rotatable bonds is 2. The highest BCUT2D eigenvalue weighted by Crippen LogP contribution is 2.24. The van der Waals surface area contributed by atoms with Crippen molar-refractivity contribution in [3.8, 4) is 0 Å². The predicted octanol–water partition coefficient (Wildman–Crippen LogP) is 3.84. The minimum absolute atomic E-state index is 0.0907. The van der Waals surface area contributed by atoms with Gasteiger partial charge < -0.3 is 4.90 Å². The van der Waals surface area contributed by atoms with E-state index in [0.29, 0.717) is 16.0 Å². The van der Waals surface area contributed by atoms with Gasteiger partial charge in [0, 0.05) is 22.9 Å². The lowest BCUT2D eigenvalue weighted by Gasteiger charge is -2.32. The van der Waals surface area contributed by atoms with Gasteiger partial charge in [0.1, 0.15) is 5.82 Å². The number of benzene rings is 1. The lowest BCUT2D eigenvalue weighted by molar-refractivity contribution is 0.0684. The topological polar surface area (TPSA) is 20.3 Å². The fourth-order valence-electron chi connectivity index (χ4n) is 2.21. The van der Waals surface area contributed by atoms with Gasteiger partial charge in [0.05, 0.1) is 5.56 Å². The zero-order valence-electron chi connectivity index (χ0n) is 9.83. The molecule has 0 aromatic heterocycles. The third-order valence-electron chi connectivity index (χ3n) is 3.18. The molecule has 0 radical (unpaired) electrons. The van der Waals surface area contributed by atoms with E-state index < -0.39 is 0 Å². The molecule has 18 heavy (non-hydrogen) atoms. The second-order valence-electron chi connectivity index (χ2n) is 4.54. The van der Waals surface area contributed by atoms with Crippen molar-refractivity contribution in [3.05, 3.63) is 34.1 Å². The number of amides is 1. The number of piperidine rings is 1. The van der Waals surface area contributed by atoms with Crippen LogP contribution in [-0.4, -0.2) is 29.2 Å². The van der Waals surface area contributed by atoms with E-state index in [2.05, 4.69) is 31.9 Å². The maximum absolute atomic E-state index is 13.2. The minimum atomic E-state index is -0.379. The van der Waals surface area contributed by atoms with Gasteiger partial charge in [-0.2, -0.15) is 0 Å². The average molecular weight is 379 g/mol. The minimum Gasteiger partial charge on any atom is -0.338 e. The Bertz CT molecular complexity index is 453. The molecule has 0 spiro atoms. The Morgan fingerprint density at radius 3 is 3.00 bits per heavy atom. The van der Waals surface area contributed by atoms with Crippen LogP contribution < -0.4 is 0 Å². The standard InChI is InChI=1S/C13H14Br2FNO/c14-7-9-2-1-5-17(8-9)13(18)11-6-10(16)3-4-12(11)15/h3-4,6,9H,1-2,5,7-8H2. The van der Waals surface area contributed by atoms with Gasteiger partial charge in [0.25, 0.3) is 5.91 Å². The van der Waals surface area contributed by atoms with Crippen LogP contribution in [0.4, 0.5) is 4.39 Å². The molecule has 1 aromatic rings. The Hall–Kier alpha value is -0.420. The van der Waals surface area contributed by atoms with Gasteiger partial charge >= 0.3 is 0 Å². The molecule has 1 aliphatic heterocycles. The van der Waals surface area contributed by atoms with E-state index in [1.807, 2.05) is 4.90 Å². The molecule has 0 N–H and O–H groups in total. The van der Waals surface area contributed by atoms with Crippen LogP contribution in [0.3, 0.4) is 0 Å². The van der Waals surface area contributed by atoms with Crippen molar-refractivity contribution < 1.29 is 9.18 Å². The zero-order valence-corrected chi connectivity index (χ0v) is 13.0. The summed E-state index contributed by atoms with van der Waals surface area (Å²) in [5.74, 6) is 0.0256. The number of hydrogen-bond donors (Lipinski definition) is 0. The molecule has 0 aliphatic carbocycles. The largest absolute Gasteiger partial charge is 0.338 e. The number of hydrogen-bond acceptors (Lipinski definition) is 1. The fraction of sp³-hybridized carbons (Fsp3) is 0.462. The zero-order chi connectivity index (χ0) is 13.1. The van der Waals surface area contributed by atoms with Crippen LogP contribution in [0, 0.1) is 11.7 Å². The molecule has 2 rings (SSSR count). The van der Waals surface area contributed by atoms with Gasteiger partial charge in [-0.1, -0.05) is 15.9 Å². The Kier molecular flexibility index (Phi) is 4.78. The molecule has 0 saturated carbocycles. The van der Waals surface area contributed by atoms with Gasteiger partial charge in [0.2, 0.25) is 0 Å². The molecule has 1 atom stereocenters. The van der Waals surface area contributed by atoms with E-state index >= 15 is 0 Å². The third kappa shape index (κ3) is 3.12. The van der Waals surface area contributed by atoms with E-state index in [4.69, 9.17) is 0 Å². The molecule has 98 valence electrons. The maximum atomic E-state index is 13.2. The van der Waals surface area contributed by atoms with Crippen LogP contribution in [0.5, 0.6) is 0 Å². The van der Waals surface area contributed by atoms with Crippen LogP contribution in [-0.2, 0) is 0 Å². The van der Waals surface area contributed by atoms with Gasteiger partial charge in [-0.05, 0) is 52.9 Å². The van der Waals surface area contributed by atoms with E-state index in [-0.39, 0.29) is 11.7 Å². The summed E-state index contributed by atoms with van der Waals surface area (Å²) in [5.41, 5.74) is 0.408. The summed E-state index contributed by atoms with van der Waals surface area (Å²) >= 11 is 6.77. The SMILES string of the molecule is O=C(c1cc(F)ccc1Br)N1CCCC(CBr)C1. The second kappa shape index (κ2) is 6.15. The predicted molar refractivity (Wildman–Crippen MR) is 76.5 cm³/mol. The van der Waals surface area contributed by atoms with E-state index in [1.165, 1.54) is 12.1 Å². The summed E-state index contributed by atoms with van der Waals surface area (Å²) in [7, 11) is 0. The number of alkyl halides is 1. The normalized spacial score (nSPS) is 19.9. The van der Waals surface area contributed by atoms with E-state index in [0.717, 1.165) is 31.3 Å². The van der Waals surface area contributed by atoms with Gasteiger partial charge in [-0.15, -0.1) is 0 Å². The first-order valence-corrected chi connectivity index (χ1v) is 7.83. The molecule has 1 aromatic carbocycles. The second-order valence-corrected chi connectivity index (χ2v) is 6.04. The number of carbonyl (C=O) groups is 1. The summed E-state index contributed by atoms with van der Waals surface area (Å²) < 4.78 is 13.9. The van der Waals surface area contributed by atoms with Crippen molar-refractivity contribution in [1.29, 1.82) is 0 Å². The molecule has 0 bridgehead atoms. The first kappa shape index (κ1) is 14.0. The van der Waals surface area contributed by atoms with E-state index in [9.17, 15) is 9.18 Å². The van der Waals surface area contributed by atoms with Crippen molar-refractivity contribution in [1.82, 2.24) is 4.90 Å². The Labute approximate surface area is 123 Å². The number of halogens is 3. The van der Waals surface area contributed by atoms with Gasteiger partial charge in [0.15, 0.2) is 0 Å². The summed E-state index contributed by atoms with van der Waals surface area (Å²) in [6.07, 6.45) is 2.15. The molecule has 1 fully saturated rings. The first-order valence-electron chi connectivity index (χ1n) is 5.92. The quantitative estimate of drug-likeness (QED) is 0.716. The fourth-order valence-corrected chi connectivity index (χ4v) is 3.15. The highest BCUT2D eigenvalue weighted by atomic mass is 79.9. The summed E-state index contributed by atoms with van der Waals surface area (Å²) in [5, 5.41) is 0.904. The van der Waals surface area contributed by atoms with Crippen molar-refractivity contribution in [2.45, 2.75) is 12.8 Å². The van der Waals surface area contributed by atoms with Crippen LogP contribution in [0.15, 0.2) is 22.7 Å². The average Bonchev–Trinajstić information content (AvgIpc) is 2.41. The molecule has 1 unspecified atom stereocenters. The molecule has 2 nitrogen and oxygen atoms in total. The third-order valence-corrected chi connectivity index (χ3v) is 4.79. The van der Waals surface area contributed by atoms with Crippen molar-refractivity contribution in [2.24, 2.45) is 5.92 Å². The summed E-state index contributed by atoms with van der Waals surface area (Å²) in [6.45, 7) is 1.50. The molecule has 5 heteroatoms. The van der Waals surface area contributed by atoms with Gasteiger partial charge in [-0.25, -0.2) is 4.39 Å². The molecular formula is C13H14Br2FNO. The van der Waals surface area contributed by atoms with Crippen LogP contribution >= 0.6 is 31.9 Å². The highest BCUT2D eigenvalue weighted by Gasteiger charge is 2.25. The van der Waals surface area contributed by atoms with Crippen molar-refractivity contribution >= 4 is 37.8 Å². The van der Waals surface area contributed by atoms with Crippen LogP contribution in [0.1, 0.15) is 23.2 Å². The monoisotopic (exact) mass is 377 g/mol. The Balaban J connectivity index is 2.17. The highest BCUT2D eigenvalue weighted by molar-refractivity contribution is 9.10. The van der Waals surface area contributed by atoms with Crippen LogP contribution in [0.2, 0.25) is 0 Å². The van der Waals surface area contributed by atoms with Crippen LogP contribution in [0.25, 0.3) is 0 Å².